The van der Waals surface area contributed by atoms with Crippen LogP contribution >= 0.6 is 0 Å². The van der Waals surface area contributed by atoms with Crippen LogP contribution in [-0.4, -0.2) is 43.4 Å². The lowest BCUT2D eigenvalue weighted by Gasteiger charge is -2.21. The van der Waals surface area contributed by atoms with E-state index < -0.39 is 29.2 Å². The predicted octanol–water partition coefficient (Wildman–Crippen LogP) is 2.72. The summed E-state index contributed by atoms with van der Waals surface area (Å²) in [5, 5.41) is 12.3. The molecule has 30 heavy (non-hydrogen) atoms. The first-order valence-corrected chi connectivity index (χ1v) is 9.08. The van der Waals surface area contributed by atoms with Crippen LogP contribution in [0.4, 0.5) is 0 Å². The lowest BCUT2D eigenvalue weighted by Crippen LogP contribution is -2.22. The van der Waals surface area contributed by atoms with Crippen LogP contribution in [0.3, 0.4) is 0 Å². The molecular formula is C22H21NO7. The van der Waals surface area contributed by atoms with E-state index in [0.29, 0.717) is 11.3 Å². The first-order chi connectivity index (χ1) is 14.4. The molecule has 3 aromatic rings. The summed E-state index contributed by atoms with van der Waals surface area (Å²) in [5.41, 5.74) is -0.369. The van der Waals surface area contributed by atoms with E-state index in [1.807, 2.05) is 24.3 Å². The van der Waals surface area contributed by atoms with Gasteiger partial charge in [-0.25, -0.2) is 4.79 Å². The Kier molecular flexibility index (Phi) is 6.06. The van der Waals surface area contributed by atoms with Crippen molar-refractivity contribution < 1.29 is 28.9 Å². The van der Waals surface area contributed by atoms with Crippen LogP contribution in [0.1, 0.15) is 33.8 Å². The number of carbonyl (C=O) groups is 2. The van der Waals surface area contributed by atoms with E-state index >= 15 is 0 Å². The first kappa shape index (κ1) is 20.9. The Labute approximate surface area is 172 Å². The number of hydrogen-bond donors (Lipinski definition) is 2. The van der Waals surface area contributed by atoms with Gasteiger partial charge in [0, 0.05) is 17.5 Å². The Morgan fingerprint density at radius 2 is 1.73 bits per heavy atom. The molecule has 1 atom stereocenters. The Balaban J connectivity index is 2.32. The number of aromatic hydroxyl groups is 1. The van der Waals surface area contributed by atoms with Gasteiger partial charge in [0.25, 0.3) is 5.56 Å². The largest absolute Gasteiger partial charge is 0.506 e. The van der Waals surface area contributed by atoms with Crippen LogP contribution in [-0.2, 0) is 14.3 Å². The molecule has 8 heteroatoms. The minimum absolute atomic E-state index is 0.126. The van der Waals surface area contributed by atoms with Crippen molar-refractivity contribution in [2.45, 2.75) is 12.3 Å². The van der Waals surface area contributed by atoms with E-state index in [0.717, 1.165) is 24.1 Å². The van der Waals surface area contributed by atoms with Crippen molar-refractivity contribution in [2.75, 3.05) is 21.3 Å². The van der Waals surface area contributed by atoms with Crippen LogP contribution < -0.4 is 10.3 Å². The number of aromatic amines is 1. The third-order valence-electron chi connectivity index (χ3n) is 4.97. The summed E-state index contributed by atoms with van der Waals surface area (Å²) in [6.45, 7) is 0. The summed E-state index contributed by atoms with van der Waals surface area (Å²) in [6, 6.07) is 10.8. The van der Waals surface area contributed by atoms with Crippen LogP contribution in [0.15, 0.2) is 47.4 Å². The Hall–Kier alpha value is -3.81. The normalized spacial score (nSPS) is 11.7. The molecule has 3 rings (SSSR count). The summed E-state index contributed by atoms with van der Waals surface area (Å²) in [6.07, 6.45) is 0.850. The molecule has 0 unspecified atom stereocenters. The summed E-state index contributed by atoms with van der Waals surface area (Å²) < 4.78 is 14.9. The molecule has 2 aromatic carbocycles. The van der Waals surface area contributed by atoms with Crippen molar-refractivity contribution in [1.82, 2.24) is 4.98 Å². The summed E-state index contributed by atoms with van der Waals surface area (Å²) in [7, 11) is 3.94. The highest BCUT2D eigenvalue weighted by atomic mass is 16.5. The second-order valence-electron chi connectivity index (χ2n) is 6.52. The molecule has 156 valence electrons. The van der Waals surface area contributed by atoms with Gasteiger partial charge < -0.3 is 24.3 Å². The fourth-order valence-corrected chi connectivity index (χ4v) is 3.52. The third kappa shape index (κ3) is 3.71. The van der Waals surface area contributed by atoms with Crippen molar-refractivity contribution >= 4 is 22.7 Å². The molecule has 0 aliphatic carbocycles. The molecule has 8 nitrogen and oxygen atoms in total. The van der Waals surface area contributed by atoms with Gasteiger partial charge in [-0.1, -0.05) is 30.3 Å². The number of carbonyl (C=O) groups excluding carboxylic acids is 2. The second kappa shape index (κ2) is 8.69. The molecule has 0 saturated heterocycles. The number of fused-ring (bicyclic) bond motifs is 1. The van der Waals surface area contributed by atoms with Gasteiger partial charge in [0.1, 0.15) is 17.1 Å². The predicted molar refractivity (Wildman–Crippen MR) is 109 cm³/mol. The summed E-state index contributed by atoms with van der Waals surface area (Å²) in [5.74, 6) is -2.21. The summed E-state index contributed by atoms with van der Waals surface area (Å²) >= 11 is 0. The van der Waals surface area contributed by atoms with Crippen molar-refractivity contribution in [3.05, 3.63) is 69.6 Å². The van der Waals surface area contributed by atoms with E-state index in [9.17, 15) is 19.5 Å². The SMILES string of the molecule is COC(=O)C[C@@H](c1c(O)c(C(=O)OC)c[nH]c1=O)c1ccc(OC)c2ccccc12. The average Bonchev–Trinajstić information content (AvgIpc) is 2.77. The smallest absolute Gasteiger partial charge is 0.343 e. The van der Waals surface area contributed by atoms with E-state index in [2.05, 4.69) is 9.72 Å². The highest BCUT2D eigenvalue weighted by Gasteiger charge is 2.29. The van der Waals surface area contributed by atoms with Gasteiger partial charge in [0.15, 0.2) is 0 Å². The number of hydrogen-bond acceptors (Lipinski definition) is 7. The molecule has 0 fully saturated rings. The Morgan fingerprint density at radius 3 is 2.37 bits per heavy atom. The minimum Gasteiger partial charge on any atom is -0.506 e. The monoisotopic (exact) mass is 411 g/mol. The standard InChI is InChI=1S/C22H21NO7/c1-28-17-9-8-13(12-6-4-5-7-14(12)17)15(10-18(24)29-2)19-20(25)16(22(27)30-3)11-23-21(19)26/h4-9,11,15H,10H2,1-3H3,(H2,23,25,26)/t15-/m1/s1. The highest BCUT2D eigenvalue weighted by molar-refractivity contribution is 5.94. The van der Waals surface area contributed by atoms with Gasteiger partial charge >= 0.3 is 11.9 Å². The zero-order valence-corrected chi connectivity index (χ0v) is 16.7. The molecule has 0 aliphatic heterocycles. The van der Waals surface area contributed by atoms with Crippen LogP contribution in [0.5, 0.6) is 11.5 Å². The molecule has 0 spiro atoms. The molecule has 1 aromatic heterocycles. The zero-order chi connectivity index (χ0) is 21.8. The minimum atomic E-state index is -0.887. The number of ether oxygens (including phenoxy) is 3. The molecule has 0 bridgehead atoms. The number of H-pyrrole nitrogens is 1. The van der Waals surface area contributed by atoms with Gasteiger partial charge in [-0.3, -0.25) is 9.59 Å². The fourth-order valence-electron chi connectivity index (χ4n) is 3.52. The molecule has 0 saturated carbocycles. The number of esters is 2. The lowest BCUT2D eigenvalue weighted by molar-refractivity contribution is -0.140. The number of methoxy groups -OCH3 is 3. The molecule has 1 heterocycles. The topological polar surface area (TPSA) is 115 Å². The molecule has 0 aliphatic rings. The maximum Gasteiger partial charge on any atom is 0.343 e. The first-order valence-electron chi connectivity index (χ1n) is 9.08. The number of rotatable bonds is 6. The van der Waals surface area contributed by atoms with Crippen molar-refractivity contribution in [3.63, 3.8) is 0 Å². The van der Waals surface area contributed by atoms with Gasteiger partial charge in [0.2, 0.25) is 0 Å². The number of pyridine rings is 1. The third-order valence-corrected chi connectivity index (χ3v) is 4.97. The quantitative estimate of drug-likeness (QED) is 0.599. The van der Waals surface area contributed by atoms with E-state index in [1.54, 1.807) is 19.2 Å². The van der Waals surface area contributed by atoms with Gasteiger partial charge in [-0.2, -0.15) is 0 Å². The van der Waals surface area contributed by atoms with Crippen LogP contribution in [0, 0.1) is 0 Å². The van der Waals surface area contributed by atoms with Crippen LogP contribution in [0.2, 0.25) is 0 Å². The van der Waals surface area contributed by atoms with Crippen molar-refractivity contribution in [1.29, 1.82) is 0 Å². The zero-order valence-electron chi connectivity index (χ0n) is 16.7. The number of aromatic nitrogens is 1. The molecule has 0 amide bonds. The maximum atomic E-state index is 12.7. The number of nitrogens with one attached hydrogen (secondary N) is 1. The molecule has 0 radical (unpaired) electrons. The van der Waals surface area contributed by atoms with Gasteiger partial charge in [0.05, 0.1) is 33.3 Å². The van der Waals surface area contributed by atoms with E-state index in [4.69, 9.17) is 9.47 Å². The highest BCUT2D eigenvalue weighted by Crippen LogP contribution is 2.39. The summed E-state index contributed by atoms with van der Waals surface area (Å²) in [4.78, 5) is 39.4. The van der Waals surface area contributed by atoms with Crippen molar-refractivity contribution in [2.24, 2.45) is 0 Å². The van der Waals surface area contributed by atoms with E-state index in [1.165, 1.54) is 7.11 Å². The average molecular weight is 411 g/mol. The Bertz CT molecular complexity index is 1170. The maximum absolute atomic E-state index is 12.7. The second-order valence-corrected chi connectivity index (χ2v) is 6.52. The van der Waals surface area contributed by atoms with Crippen LogP contribution in [0.25, 0.3) is 10.8 Å². The number of benzene rings is 2. The van der Waals surface area contributed by atoms with Gasteiger partial charge in [-0.15, -0.1) is 0 Å². The van der Waals surface area contributed by atoms with Crippen molar-refractivity contribution in [3.8, 4) is 11.5 Å². The van der Waals surface area contributed by atoms with E-state index in [-0.39, 0.29) is 17.5 Å². The fraction of sp³-hybridized carbons (Fsp3) is 0.227. The lowest BCUT2D eigenvalue weighted by atomic mass is 9.85. The molecular weight excluding hydrogens is 390 g/mol. The molecule has 2 N–H and O–H groups in total. The Morgan fingerprint density at radius 1 is 1.03 bits per heavy atom. The van der Waals surface area contributed by atoms with Gasteiger partial charge in [-0.05, 0) is 17.0 Å².